The monoisotopic (exact) mass is 366 g/mol. The van der Waals surface area contributed by atoms with Crippen molar-refractivity contribution in [2.45, 2.75) is 52.4 Å². The highest BCUT2D eigenvalue weighted by molar-refractivity contribution is 6.62. The highest BCUT2D eigenvalue weighted by Gasteiger charge is 2.51. The molecule has 0 bridgehead atoms. The van der Waals surface area contributed by atoms with Crippen molar-refractivity contribution < 1.29 is 18.8 Å². The zero-order valence-electron chi connectivity index (χ0n) is 16.7. The fraction of sp³-hybridized carbons (Fsp3) is 0.364. The van der Waals surface area contributed by atoms with Crippen LogP contribution in [0.5, 0.6) is 5.75 Å². The van der Waals surface area contributed by atoms with E-state index in [1.165, 1.54) is 5.56 Å². The molecule has 0 saturated carbocycles. The maximum Gasteiger partial charge on any atom is 0.494 e. The Morgan fingerprint density at radius 1 is 0.926 bits per heavy atom. The van der Waals surface area contributed by atoms with Crippen LogP contribution in [-0.2, 0) is 20.7 Å². The Bertz CT molecular complexity index is 778. The molecule has 2 aromatic carbocycles. The van der Waals surface area contributed by atoms with E-state index in [-0.39, 0.29) is 24.3 Å². The fourth-order valence-electron chi connectivity index (χ4n) is 2.68. The first-order valence-electron chi connectivity index (χ1n) is 9.17. The SMILES string of the molecule is C=C(OCc1ccc(B2OC(C)(C)C(C)(C)O2)cc1)Oc1ccc(C)cc1. The molecule has 0 aliphatic carbocycles. The zero-order valence-corrected chi connectivity index (χ0v) is 16.7. The number of hydrogen-bond donors (Lipinski definition) is 0. The van der Waals surface area contributed by atoms with E-state index in [9.17, 15) is 0 Å². The van der Waals surface area contributed by atoms with Gasteiger partial charge in [0.1, 0.15) is 12.4 Å². The minimum atomic E-state index is -0.357. The minimum Gasteiger partial charge on any atom is -0.461 e. The van der Waals surface area contributed by atoms with Gasteiger partial charge in [-0.15, -0.1) is 0 Å². The van der Waals surface area contributed by atoms with Gasteiger partial charge in [-0.05, 0) is 64.4 Å². The van der Waals surface area contributed by atoms with Gasteiger partial charge in [0.05, 0.1) is 11.2 Å². The van der Waals surface area contributed by atoms with Crippen LogP contribution in [0, 0.1) is 6.92 Å². The summed E-state index contributed by atoms with van der Waals surface area (Å²) in [5, 5.41) is 0. The second kappa shape index (κ2) is 7.41. The molecule has 0 unspecified atom stereocenters. The molecule has 2 aromatic rings. The summed E-state index contributed by atoms with van der Waals surface area (Å²) in [5.74, 6) is 0.982. The Labute approximate surface area is 162 Å². The van der Waals surface area contributed by atoms with Crippen LogP contribution >= 0.6 is 0 Å². The smallest absolute Gasteiger partial charge is 0.461 e. The summed E-state index contributed by atoms with van der Waals surface area (Å²) in [6.07, 6.45) is 0. The minimum absolute atomic E-state index is 0.272. The fourth-order valence-corrected chi connectivity index (χ4v) is 2.68. The molecule has 0 atom stereocenters. The van der Waals surface area contributed by atoms with Crippen molar-refractivity contribution in [3.05, 3.63) is 72.2 Å². The standard InChI is InChI=1S/C22H27BO4/c1-16-7-13-20(14-8-16)25-17(2)24-15-18-9-11-19(12-10-18)23-26-21(3,4)22(5,6)27-23/h7-14H,2,15H2,1,3-6H3. The molecule has 142 valence electrons. The second-order valence-corrected chi connectivity index (χ2v) is 7.91. The van der Waals surface area contributed by atoms with Gasteiger partial charge in [0.25, 0.3) is 5.95 Å². The van der Waals surface area contributed by atoms with Crippen molar-refractivity contribution in [1.29, 1.82) is 0 Å². The first kappa shape index (κ1) is 19.5. The third kappa shape index (κ3) is 4.55. The molecule has 5 heteroatoms. The molecule has 1 aliphatic rings. The van der Waals surface area contributed by atoms with Crippen LogP contribution in [0.1, 0.15) is 38.8 Å². The Morgan fingerprint density at radius 3 is 2.04 bits per heavy atom. The highest BCUT2D eigenvalue weighted by atomic mass is 16.7. The van der Waals surface area contributed by atoms with Crippen molar-refractivity contribution in [2.75, 3.05) is 0 Å². The van der Waals surface area contributed by atoms with Gasteiger partial charge in [0.2, 0.25) is 0 Å². The summed E-state index contributed by atoms with van der Waals surface area (Å²) in [7, 11) is -0.357. The summed E-state index contributed by atoms with van der Waals surface area (Å²) in [6, 6.07) is 15.8. The van der Waals surface area contributed by atoms with Crippen molar-refractivity contribution >= 4 is 12.6 Å². The number of aryl methyl sites for hydroxylation is 1. The first-order chi connectivity index (χ1) is 12.7. The Balaban J connectivity index is 1.54. The van der Waals surface area contributed by atoms with Crippen molar-refractivity contribution in [1.82, 2.24) is 0 Å². The molecule has 1 fully saturated rings. The Hall–Kier alpha value is -2.24. The molecule has 1 aliphatic heterocycles. The normalized spacial score (nSPS) is 17.6. The third-order valence-electron chi connectivity index (χ3n) is 5.16. The van der Waals surface area contributed by atoms with E-state index in [4.69, 9.17) is 18.8 Å². The summed E-state index contributed by atoms with van der Waals surface area (Å²) in [5.41, 5.74) is 2.50. The molecule has 0 radical (unpaired) electrons. The lowest BCUT2D eigenvalue weighted by Gasteiger charge is -2.32. The second-order valence-electron chi connectivity index (χ2n) is 7.91. The largest absolute Gasteiger partial charge is 0.494 e. The quantitative estimate of drug-likeness (QED) is 0.562. The van der Waals surface area contributed by atoms with Crippen molar-refractivity contribution in [3.8, 4) is 5.75 Å². The van der Waals surface area contributed by atoms with Gasteiger partial charge in [-0.2, -0.15) is 0 Å². The topological polar surface area (TPSA) is 36.9 Å². The number of ether oxygens (including phenoxy) is 2. The zero-order chi connectivity index (χ0) is 19.7. The van der Waals surface area contributed by atoms with E-state index in [2.05, 4.69) is 34.3 Å². The molecular formula is C22H27BO4. The number of hydrogen-bond acceptors (Lipinski definition) is 4. The molecule has 0 N–H and O–H groups in total. The molecule has 0 amide bonds. The van der Waals surface area contributed by atoms with Gasteiger partial charge < -0.3 is 18.8 Å². The van der Waals surface area contributed by atoms with Gasteiger partial charge >= 0.3 is 7.12 Å². The predicted molar refractivity (Wildman–Crippen MR) is 108 cm³/mol. The summed E-state index contributed by atoms with van der Waals surface area (Å²) in [6.45, 7) is 14.4. The summed E-state index contributed by atoms with van der Waals surface area (Å²) >= 11 is 0. The molecule has 27 heavy (non-hydrogen) atoms. The average Bonchev–Trinajstić information content (AvgIpc) is 2.83. The molecule has 0 spiro atoms. The van der Waals surface area contributed by atoms with E-state index in [1.807, 2.05) is 55.5 Å². The van der Waals surface area contributed by atoms with Gasteiger partial charge in [-0.1, -0.05) is 42.0 Å². The average molecular weight is 366 g/mol. The van der Waals surface area contributed by atoms with Gasteiger partial charge in [0.15, 0.2) is 0 Å². The van der Waals surface area contributed by atoms with Gasteiger partial charge in [-0.25, -0.2) is 0 Å². The van der Waals surface area contributed by atoms with Crippen molar-refractivity contribution in [3.63, 3.8) is 0 Å². The molecule has 1 heterocycles. The Kier molecular flexibility index (Phi) is 5.36. The molecule has 4 nitrogen and oxygen atoms in total. The maximum atomic E-state index is 6.08. The van der Waals surface area contributed by atoms with Gasteiger partial charge in [-0.3, -0.25) is 0 Å². The van der Waals surface area contributed by atoms with Crippen LogP contribution in [0.25, 0.3) is 0 Å². The van der Waals surface area contributed by atoms with E-state index >= 15 is 0 Å². The van der Waals surface area contributed by atoms with E-state index in [0.29, 0.717) is 12.4 Å². The van der Waals surface area contributed by atoms with E-state index in [0.717, 1.165) is 11.0 Å². The third-order valence-corrected chi connectivity index (χ3v) is 5.16. The van der Waals surface area contributed by atoms with Crippen LogP contribution in [0.3, 0.4) is 0 Å². The lowest BCUT2D eigenvalue weighted by Crippen LogP contribution is -2.41. The molecule has 1 saturated heterocycles. The summed E-state index contributed by atoms with van der Waals surface area (Å²) < 4.78 is 23.4. The molecular weight excluding hydrogens is 339 g/mol. The number of rotatable bonds is 6. The molecule has 3 rings (SSSR count). The van der Waals surface area contributed by atoms with E-state index < -0.39 is 0 Å². The summed E-state index contributed by atoms with van der Waals surface area (Å²) in [4.78, 5) is 0. The number of benzene rings is 2. The Morgan fingerprint density at radius 2 is 1.48 bits per heavy atom. The predicted octanol–water partition coefficient (Wildman–Crippen LogP) is 4.36. The first-order valence-corrected chi connectivity index (χ1v) is 9.17. The van der Waals surface area contributed by atoms with E-state index in [1.54, 1.807) is 0 Å². The molecule has 0 aromatic heterocycles. The highest BCUT2D eigenvalue weighted by Crippen LogP contribution is 2.36. The lowest BCUT2D eigenvalue weighted by molar-refractivity contribution is 0.00578. The van der Waals surface area contributed by atoms with Crippen LogP contribution in [0.15, 0.2) is 61.1 Å². The van der Waals surface area contributed by atoms with Crippen LogP contribution < -0.4 is 10.2 Å². The lowest BCUT2D eigenvalue weighted by atomic mass is 9.79. The van der Waals surface area contributed by atoms with Crippen LogP contribution in [0.2, 0.25) is 0 Å². The van der Waals surface area contributed by atoms with Crippen LogP contribution in [0.4, 0.5) is 0 Å². The van der Waals surface area contributed by atoms with Crippen LogP contribution in [-0.4, -0.2) is 18.3 Å². The maximum absolute atomic E-state index is 6.08. The van der Waals surface area contributed by atoms with Crippen molar-refractivity contribution in [2.24, 2.45) is 0 Å². The van der Waals surface area contributed by atoms with Gasteiger partial charge in [0, 0.05) is 0 Å².